The lowest BCUT2D eigenvalue weighted by molar-refractivity contribution is 0.0533. The predicted octanol–water partition coefficient (Wildman–Crippen LogP) is -0.120. The van der Waals surface area contributed by atoms with Gasteiger partial charge >= 0.3 is 5.69 Å². The summed E-state index contributed by atoms with van der Waals surface area (Å²) in [5.74, 6) is -0.403. The normalized spacial score (nSPS) is 17.5. The van der Waals surface area contributed by atoms with Crippen LogP contribution in [-0.2, 0) is 0 Å². The average molecular weight is 331 g/mol. The van der Waals surface area contributed by atoms with Gasteiger partial charge in [0.1, 0.15) is 23.2 Å². The number of carbonyl (C=O) groups excluding carboxylic acids is 2. The number of pyridine rings is 1. The molecule has 4 N–H and O–H groups in total. The number of piperidine rings is 1. The molecule has 2 aromatic rings. The zero-order valence-corrected chi connectivity index (χ0v) is 12.8. The van der Waals surface area contributed by atoms with Gasteiger partial charge in [0, 0.05) is 25.0 Å². The van der Waals surface area contributed by atoms with Crippen LogP contribution in [0.1, 0.15) is 33.8 Å². The summed E-state index contributed by atoms with van der Waals surface area (Å²) in [5, 5.41) is 0. The summed E-state index contributed by atoms with van der Waals surface area (Å²) in [6.07, 6.45) is 4.15. The van der Waals surface area contributed by atoms with Crippen molar-refractivity contribution in [3.63, 3.8) is 0 Å². The molecular formula is C15H17N5O4. The molecule has 1 aliphatic heterocycles. The van der Waals surface area contributed by atoms with Gasteiger partial charge in [0.2, 0.25) is 0 Å². The smallest absolute Gasteiger partial charge is 0.323 e. The quantitative estimate of drug-likeness (QED) is 0.718. The highest BCUT2D eigenvalue weighted by molar-refractivity contribution is 5.92. The number of aromatic amines is 2. The molecule has 2 aromatic heterocycles. The van der Waals surface area contributed by atoms with Gasteiger partial charge in [-0.1, -0.05) is 0 Å². The van der Waals surface area contributed by atoms with Gasteiger partial charge < -0.3 is 25.3 Å². The van der Waals surface area contributed by atoms with Gasteiger partial charge in [-0.15, -0.1) is 0 Å². The number of H-pyrrole nitrogens is 2. The Balaban J connectivity index is 1.67. The third kappa shape index (κ3) is 3.45. The average Bonchev–Trinajstić information content (AvgIpc) is 3.01. The highest BCUT2D eigenvalue weighted by Gasteiger charge is 2.26. The molecule has 24 heavy (non-hydrogen) atoms. The maximum atomic E-state index is 12.4. The van der Waals surface area contributed by atoms with Crippen molar-refractivity contribution >= 4 is 11.8 Å². The van der Waals surface area contributed by atoms with Gasteiger partial charge in [-0.25, -0.2) is 4.79 Å². The molecule has 126 valence electrons. The third-order valence-corrected chi connectivity index (χ3v) is 3.78. The van der Waals surface area contributed by atoms with Crippen LogP contribution in [0.3, 0.4) is 0 Å². The number of carbonyl (C=O) groups is 2. The van der Waals surface area contributed by atoms with Crippen molar-refractivity contribution in [2.75, 3.05) is 13.1 Å². The molecule has 9 nitrogen and oxygen atoms in total. The van der Waals surface area contributed by atoms with E-state index in [9.17, 15) is 14.4 Å². The number of nitrogens with zero attached hydrogens (tertiary/aromatic N) is 2. The molecule has 9 heteroatoms. The topological polar surface area (TPSA) is 134 Å². The Morgan fingerprint density at radius 1 is 1.42 bits per heavy atom. The van der Waals surface area contributed by atoms with E-state index in [1.54, 1.807) is 11.0 Å². The largest absolute Gasteiger partial charge is 0.488 e. The van der Waals surface area contributed by atoms with Gasteiger partial charge in [-0.2, -0.15) is 0 Å². The second kappa shape index (κ2) is 6.57. The van der Waals surface area contributed by atoms with Crippen molar-refractivity contribution in [1.29, 1.82) is 0 Å². The summed E-state index contributed by atoms with van der Waals surface area (Å²) < 4.78 is 5.85. The Bertz CT molecular complexity index is 812. The number of likely N-dealkylation sites (tertiary alicyclic amines) is 1. The van der Waals surface area contributed by atoms with Crippen LogP contribution in [0, 0.1) is 0 Å². The van der Waals surface area contributed by atoms with Crippen LogP contribution in [0.2, 0.25) is 0 Å². The first-order valence-corrected chi connectivity index (χ1v) is 7.52. The van der Waals surface area contributed by atoms with E-state index in [-0.39, 0.29) is 23.4 Å². The summed E-state index contributed by atoms with van der Waals surface area (Å²) >= 11 is 0. The third-order valence-electron chi connectivity index (χ3n) is 3.78. The second-order valence-electron chi connectivity index (χ2n) is 5.53. The summed E-state index contributed by atoms with van der Waals surface area (Å²) in [7, 11) is 0. The number of rotatable bonds is 4. The fourth-order valence-electron chi connectivity index (χ4n) is 2.65. The van der Waals surface area contributed by atoms with Gasteiger partial charge in [0.05, 0.1) is 6.54 Å². The van der Waals surface area contributed by atoms with Crippen LogP contribution < -0.4 is 16.2 Å². The molecule has 0 aliphatic carbocycles. The Kier molecular flexibility index (Phi) is 4.32. The van der Waals surface area contributed by atoms with E-state index >= 15 is 0 Å². The van der Waals surface area contributed by atoms with Crippen molar-refractivity contribution < 1.29 is 14.3 Å². The van der Waals surface area contributed by atoms with E-state index in [0.717, 1.165) is 12.8 Å². The molecule has 1 fully saturated rings. The van der Waals surface area contributed by atoms with E-state index in [0.29, 0.717) is 18.8 Å². The molecule has 1 aliphatic rings. The lowest BCUT2D eigenvalue weighted by atomic mass is 10.1. The van der Waals surface area contributed by atoms with E-state index in [4.69, 9.17) is 10.5 Å². The first-order chi connectivity index (χ1) is 11.5. The molecule has 0 saturated carbocycles. The van der Waals surface area contributed by atoms with Crippen LogP contribution in [0.15, 0.2) is 29.3 Å². The molecule has 1 atom stereocenters. The number of nitrogens with two attached hydrogens (primary N) is 1. The molecule has 3 heterocycles. The van der Waals surface area contributed by atoms with E-state index in [2.05, 4.69) is 15.0 Å². The second-order valence-corrected chi connectivity index (χ2v) is 5.53. The minimum absolute atomic E-state index is 0.126. The summed E-state index contributed by atoms with van der Waals surface area (Å²) in [4.78, 5) is 45.0. The van der Waals surface area contributed by atoms with Crippen LogP contribution in [0.25, 0.3) is 0 Å². The SMILES string of the molecule is NC(=O)c1cc(OC2CCCN(C(=O)c3c[nH]c(=O)[nH]3)C2)ccn1. The number of hydrogen-bond donors (Lipinski definition) is 3. The number of amides is 2. The number of primary amides is 1. The number of nitrogens with one attached hydrogen (secondary N) is 2. The van der Waals surface area contributed by atoms with Crippen LogP contribution in [0.5, 0.6) is 5.75 Å². The van der Waals surface area contributed by atoms with Crippen LogP contribution in [0.4, 0.5) is 0 Å². The maximum absolute atomic E-state index is 12.4. The summed E-state index contributed by atoms with van der Waals surface area (Å²) in [6, 6.07) is 3.11. The van der Waals surface area contributed by atoms with Crippen molar-refractivity contribution in [2.24, 2.45) is 5.73 Å². The minimum Gasteiger partial charge on any atom is -0.488 e. The monoisotopic (exact) mass is 331 g/mol. The van der Waals surface area contributed by atoms with Gasteiger partial charge in [-0.3, -0.25) is 14.6 Å². The Labute approximate surface area is 136 Å². The zero-order chi connectivity index (χ0) is 17.1. The molecule has 0 bridgehead atoms. The number of imidazole rings is 1. The molecule has 0 radical (unpaired) electrons. The Morgan fingerprint density at radius 2 is 2.25 bits per heavy atom. The number of hydrogen-bond acceptors (Lipinski definition) is 5. The van der Waals surface area contributed by atoms with Gasteiger partial charge in [0.25, 0.3) is 11.8 Å². The van der Waals surface area contributed by atoms with Gasteiger partial charge in [0.15, 0.2) is 0 Å². The first kappa shape index (κ1) is 15.8. The molecule has 0 aromatic carbocycles. The van der Waals surface area contributed by atoms with Crippen molar-refractivity contribution in [3.05, 3.63) is 46.4 Å². The first-order valence-electron chi connectivity index (χ1n) is 7.52. The van der Waals surface area contributed by atoms with Crippen molar-refractivity contribution in [2.45, 2.75) is 18.9 Å². The molecule has 1 unspecified atom stereocenters. The fourth-order valence-corrected chi connectivity index (χ4v) is 2.65. The molecular weight excluding hydrogens is 314 g/mol. The predicted molar refractivity (Wildman–Crippen MR) is 83.7 cm³/mol. The molecule has 1 saturated heterocycles. The van der Waals surface area contributed by atoms with Crippen molar-refractivity contribution in [1.82, 2.24) is 19.9 Å². The summed E-state index contributed by atoms with van der Waals surface area (Å²) in [5.41, 5.74) is 5.13. The summed E-state index contributed by atoms with van der Waals surface area (Å²) in [6.45, 7) is 0.981. The van der Waals surface area contributed by atoms with E-state index < -0.39 is 11.6 Å². The zero-order valence-electron chi connectivity index (χ0n) is 12.8. The number of aromatic nitrogens is 3. The van der Waals surface area contributed by atoms with E-state index in [1.807, 2.05) is 0 Å². The Morgan fingerprint density at radius 3 is 2.96 bits per heavy atom. The highest BCUT2D eigenvalue weighted by Crippen LogP contribution is 2.19. The fraction of sp³-hybridized carbons (Fsp3) is 0.333. The molecule has 3 rings (SSSR count). The maximum Gasteiger partial charge on any atom is 0.323 e. The highest BCUT2D eigenvalue weighted by atomic mass is 16.5. The van der Waals surface area contributed by atoms with Crippen LogP contribution in [-0.4, -0.2) is 50.9 Å². The lowest BCUT2D eigenvalue weighted by Crippen LogP contribution is -2.44. The standard InChI is InChI=1S/C15H17N5O4/c16-13(21)11-6-9(3-4-17-11)24-10-2-1-5-20(8-10)14(22)12-7-18-15(23)19-12/h3-4,6-7,10H,1-2,5,8H2,(H2,16,21)(H2,18,19,23). The molecule has 2 amide bonds. The van der Waals surface area contributed by atoms with Crippen LogP contribution >= 0.6 is 0 Å². The minimum atomic E-state index is -0.627. The molecule has 0 spiro atoms. The Hall–Kier alpha value is -3.10. The van der Waals surface area contributed by atoms with Gasteiger partial charge in [-0.05, 0) is 18.9 Å². The lowest BCUT2D eigenvalue weighted by Gasteiger charge is -2.32. The number of ether oxygens (including phenoxy) is 1. The van der Waals surface area contributed by atoms with E-state index in [1.165, 1.54) is 18.5 Å². The van der Waals surface area contributed by atoms with Crippen molar-refractivity contribution in [3.8, 4) is 5.75 Å².